The molecule has 0 saturated carbocycles. The quantitative estimate of drug-likeness (QED) is 0.691. The highest BCUT2D eigenvalue weighted by molar-refractivity contribution is 9.11. The molecule has 2 amide bonds. The molecule has 132 valence electrons. The number of hydrogen-bond acceptors (Lipinski definition) is 5. The van der Waals surface area contributed by atoms with Crippen LogP contribution >= 0.6 is 27.3 Å². The van der Waals surface area contributed by atoms with Crippen molar-refractivity contribution in [2.24, 2.45) is 0 Å². The summed E-state index contributed by atoms with van der Waals surface area (Å²) in [5.41, 5.74) is 0. The second-order valence-corrected chi connectivity index (χ2v) is 8.08. The number of ether oxygens (including phenoxy) is 1. The van der Waals surface area contributed by atoms with E-state index >= 15 is 0 Å². The molecule has 1 atom stereocenters. The monoisotopic (exact) mass is 416 g/mol. The molecule has 1 fully saturated rings. The summed E-state index contributed by atoms with van der Waals surface area (Å²) in [5.74, 6) is -0.787. The Morgan fingerprint density at radius 1 is 1.38 bits per heavy atom. The number of hydrogen-bond donors (Lipinski definition) is 0. The Morgan fingerprint density at radius 2 is 2.12 bits per heavy atom. The maximum atomic E-state index is 12.6. The number of thiophene rings is 1. The molecule has 1 unspecified atom stereocenters. The lowest BCUT2D eigenvalue weighted by molar-refractivity contribution is -0.156. The summed E-state index contributed by atoms with van der Waals surface area (Å²) in [6.45, 7) is 2.51. The topological polar surface area (TPSA) is 66.9 Å². The number of esters is 1. The summed E-state index contributed by atoms with van der Waals surface area (Å²) in [7, 11) is 1.59. The molecule has 0 spiro atoms. The van der Waals surface area contributed by atoms with Gasteiger partial charge < -0.3 is 14.5 Å². The first kappa shape index (κ1) is 18.9. The summed E-state index contributed by atoms with van der Waals surface area (Å²) in [5, 5.41) is 0. The molecule has 0 aromatic carbocycles. The predicted octanol–water partition coefficient (Wildman–Crippen LogP) is 2.53. The van der Waals surface area contributed by atoms with Gasteiger partial charge in [0.25, 0.3) is 5.91 Å². The second kappa shape index (κ2) is 8.62. The summed E-state index contributed by atoms with van der Waals surface area (Å²) in [6.07, 6.45) is 2.36. The standard InChI is InChI=1S/C16H21BrN2O4S/c1-3-23-16(22)11-6-4-5-9-19(11)14(20)10-18(2)15(21)12-7-8-13(17)24-12/h7-8,11H,3-6,9-10H2,1-2H3. The molecule has 1 aliphatic heterocycles. The Morgan fingerprint density at radius 3 is 2.75 bits per heavy atom. The zero-order valence-corrected chi connectivity index (χ0v) is 16.2. The zero-order valence-electron chi connectivity index (χ0n) is 13.8. The average Bonchev–Trinajstić information content (AvgIpc) is 3.00. The average molecular weight is 417 g/mol. The van der Waals surface area contributed by atoms with Crippen LogP contribution in [0.5, 0.6) is 0 Å². The molecule has 0 N–H and O–H groups in total. The van der Waals surface area contributed by atoms with E-state index in [1.54, 1.807) is 31.0 Å². The van der Waals surface area contributed by atoms with Crippen LogP contribution in [0.4, 0.5) is 0 Å². The highest BCUT2D eigenvalue weighted by atomic mass is 79.9. The van der Waals surface area contributed by atoms with Crippen molar-refractivity contribution in [3.63, 3.8) is 0 Å². The molecule has 24 heavy (non-hydrogen) atoms. The summed E-state index contributed by atoms with van der Waals surface area (Å²) >= 11 is 4.65. The van der Waals surface area contributed by atoms with E-state index in [-0.39, 0.29) is 24.3 Å². The summed E-state index contributed by atoms with van der Waals surface area (Å²) in [4.78, 5) is 40.5. The van der Waals surface area contributed by atoms with Gasteiger partial charge in [-0.25, -0.2) is 4.79 Å². The molecule has 6 nitrogen and oxygen atoms in total. The van der Waals surface area contributed by atoms with Crippen LogP contribution in [-0.2, 0) is 14.3 Å². The zero-order chi connectivity index (χ0) is 17.7. The molecular weight excluding hydrogens is 396 g/mol. The third kappa shape index (κ3) is 4.57. The SMILES string of the molecule is CCOC(=O)C1CCCCN1C(=O)CN(C)C(=O)c1ccc(Br)s1. The number of rotatable bonds is 5. The van der Waals surface area contributed by atoms with Crippen LogP contribution in [0.1, 0.15) is 35.9 Å². The number of amides is 2. The van der Waals surface area contributed by atoms with Gasteiger partial charge in [-0.3, -0.25) is 9.59 Å². The van der Waals surface area contributed by atoms with Crippen molar-refractivity contribution < 1.29 is 19.1 Å². The lowest BCUT2D eigenvalue weighted by Gasteiger charge is -2.35. The van der Waals surface area contributed by atoms with Crippen LogP contribution in [0.25, 0.3) is 0 Å². The van der Waals surface area contributed by atoms with E-state index in [0.29, 0.717) is 24.4 Å². The van der Waals surface area contributed by atoms with Gasteiger partial charge in [0.2, 0.25) is 5.91 Å². The van der Waals surface area contributed by atoms with E-state index in [9.17, 15) is 14.4 Å². The summed E-state index contributed by atoms with van der Waals surface area (Å²) < 4.78 is 5.93. The Hall–Kier alpha value is -1.41. The third-order valence-electron chi connectivity index (χ3n) is 3.88. The first-order chi connectivity index (χ1) is 11.4. The first-order valence-corrected chi connectivity index (χ1v) is 9.52. The number of likely N-dealkylation sites (N-methyl/N-ethyl adjacent to an activating group) is 1. The van der Waals surface area contributed by atoms with Crippen molar-refractivity contribution in [2.45, 2.75) is 32.2 Å². The Bertz CT molecular complexity index is 619. The molecule has 8 heteroatoms. The van der Waals surface area contributed by atoms with Crippen molar-refractivity contribution in [1.82, 2.24) is 9.80 Å². The van der Waals surface area contributed by atoms with Crippen LogP contribution in [0.15, 0.2) is 15.9 Å². The molecule has 0 bridgehead atoms. The van der Waals surface area contributed by atoms with Gasteiger partial charge in [0.15, 0.2) is 0 Å². The second-order valence-electron chi connectivity index (χ2n) is 5.62. The molecule has 2 heterocycles. The predicted molar refractivity (Wildman–Crippen MR) is 95.0 cm³/mol. The Kier molecular flexibility index (Phi) is 6.79. The smallest absolute Gasteiger partial charge is 0.328 e. The first-order valence-electron chi connectivity index (χ1n) is 7.91. The maximum Gasteiger partial charge on any atom is 0.328 e. The minimum Gasteiger partial charge on any atom is -0.464 e. The number of carbonyl (C=O) groups excluding carboxylic acids is 3. The maximum absolute atomic E-state index is 12.6. The highest BCUT2D eigenvalue weighted by Gasteiger charge is 2.33. The lowest BCUT2D eigenvalue weighted by atomic mass is 10.0. The van der Waals surface area contributed by atoms with Crippen molar-refractivity contribution in [2.75, 3.05) is 26.7 Å². The largest absolute Gasteiger partial charge is 0.464 e. The fraction of sp³-hybridized carbons (Fsp3) is 0.562. The number of halogens is 1. The van der Waals surface area contributed by atoms with E-state index in [1.165, 1.54) is 16.2 Å². The minimum absolute atomic E-state index is 0.0513. The van der Waals surface area contributed by atoms with Gasteiger partial charge in [-0.2, -0.15) is 0 Å². The van der Waals surface area contributed by atoms with Gasteiger partial charge in [-0.15, -0.1) is 11.3 Å². The molecule has 0 aliphatic carbocycles. The van der Waals surface area contributed by atoms with Crippen molar-refractivity contribution >= 4 is 45.1 Å². The molecule has 1 aromatic rings. The third-order valence-corrected chi connectivity index (χ3v) is 5.50. The van der Waals surface area contributed by atoms with Crippen LogP contribution in [0.3, 0.4) is 0 Å². The van der Waals surface area contributed by atoms with Gasteiger partial charge in [-0.05, 0) is 54.2 Å². The molecule has 1 aliphatic rings. The molecular formula is C16H21BrN2O4S. The van der Waals surface area contributed by atoms with E-state index < -0.39 is 6.04 Å². The Labute approximate surface area is 153 Å². The van der Waals surface area contributed by atoms with Gasteiger partial charge in [-0.1, -0.05) is 0 Å². The van der Waals surface area contributed by atoms with Gasteiger partial charge in [0.05, 0.1) is 21.8 Å². The number of piperidine rings is 1. The van der Waals surface area contributed by atoms with Crippen molar-refractivity contribution in [1.29, 1.82) is 0 Å². The van der Waals surface area contributed by atoms with Gasteiger partial charge in [0, 0.05) is 13.6 Å². The van der Waals surface area contributed by atoms with Gasteiger partial charge in [0.1, 0.15) is 6.04 Å². The minimum atomic E-state index is -0.536. The summed E-state index contributed by atoms with van der Waals surface area (Å²) in [6, 6.07) is 2.99. The number of nitrogens with zero attached hydrogens (tertiary/aromatic N) is 2. The molecule has 1 aromatic heterocycles. The number of carbonyl (C=O) groups is 3. The normalized spacial score (nSPS) is 17.5. The van der Waals surface area contributed by atoms with Gasteiger partial charge >= 0.3 is 5.97 Å². The van der Waals surface area contributed by atoms with Crippen molar-refractivity contribution in [3.05, 3.63) is 20.8 Å². The molecule has 0 radical (unpaired) electrons. The highest BCUT2D eigenvalue weighted by Crippen LogP contribution is 2.23. The molecule has 2 rings (SSSR count). The molecule has 1 saturated heterocycles. The van der Waals surface area contributed by atoms with Crippen LogP contribution in [0.2, 0.25) is 0 Å². The van der Waals surface area contributed by atoms with Crippen LogP contribution in [-0.4, -0.2) is 60.4 Å². The fourth-order valence-electron chi connectivity index (χ4n) is 2.70. The lowest BCUT2D eigenvalue weighted by Crippen LogP contribution is -2.51. The Balaban J connectivity index is 2.01. The van der Waals surface area contributed by atoms with E-state index in [0.717, 1.165) is 16.6 Å². The van der Waals surface area contributed by atoms with E-state index in [2.05, 4.69) is 15.9 Å². The van der Waals surface area contributed by atoms with Crippen LogP contribution in [0, 0.1) is 0 Å². The van der Waals surface area contributed by atoms with E-state index in [4.69, 9.17) is 4.74 Å². The van der Waals surface area contributed by atoms with Crippen LogP contribution < -0.4 is 0 Å². The fourth-order valence-corrected chi connectivity index (χ4v) is 4.08. The number of likely N-dealkylation sites (tertiary alicyclic amines) is 1. The van der Waals surface area contributed by atoms with Crippen molar-refractivity contribution in [3.8, 4) is 0 Å². The van der Waals surface area contributed by atoms with E-state index in [1.807, 2.05) is 0 Å².